The maximum Gasteiger partial charge on any atom is 0.322 e. The van der Waals surface area contributed by atoms with Crippen molar-refractivity contribution in [2.75, 3.05) is 19.0 Å². The summed E-state index contributed by atoms with van der Waals surface area (Å²) in [4.78, 5) is 18.8. The quantitative estimate of drug-likeness (QED) is 0.664. The molecule has 1 aliphatic heterocycles. The number of likely N-dealkylation sites (tertiary alicyclic amines) is 1. The monoisotopic (exact) mass is 414 g/mol. The van der Waals surface area contributed by atoms with Crippen molar-refractivity contribution in [1.29, 1.82) is 0 Å². The van der Waals surface area contributed by atoms with Crippen molar-refractivity contribution in [3.8, 4) is 17.1 Å². The van der Waals surface area contributed by atoms with E-state index in [0.29, 0.717) is 30.4 Å². The average molecular weight is 414 g/mol. The molecule has 30 heavy (non-hydrogen) atoms. The molecule has 0 bridgehead atoms. The lowest BCUT2D eigenvalue weighted by Gasteiger charge is -2.33. The van der Waals surface area contributed by atoms with E-state index in [-0.39, 0.29) is 5.69 Å². The van der Waals surface area contributed by atoms with Crippen molar-refractivity contribution in [2.45, 2.75) is 25.3 Å². The normalized spacial score (nSPS) is 16.4. The topological polar surface area (TPSA) is 80.5 Å². The van der Waals surface area contributed by atoms with Crippen LogP contribution in [0.15, 0.2) is 47.0 Å². The summed E-state index contributed by atoms with van der Waals surface area (Å²) in [6, 6.07) is 9.31. The Bertz CT molecular complexity index is 1060. The summed E-state index contributed by atoms with van der Waals surface area (Å²) < 4.78 is 37.7. The number of benzene rings is 2. The number of amides is 2. The molecule has 9 heteroatoms. The first-order chi connectivity index (χ1) is 14.5. The Labute approximate surface area is 171 Å². The number of carbonyl (C=O) groups excluding carboxylic acids is 1. The van der Waals surface area contributed by atoms with Gasteiger partial charge in [0.1, 0.15) is 23.4 Å². The highest BCUT2D eigenvalue weighted by Gasteiger charge is 2.32. The fourth-order valence-electron chi connectivity index (χ4n) is 3.46. The summed E-state index contributed by atoms with van der Waals surface area (Å²) >= 11 is 0. The Morgan fingerprint density at radius 3 is 2.90 bits per heavy atom. The molecule has 7 nitrogen and oxygen atoms in total. The van der Waals surface area contributed by atoms with E-state index in [1.165, 1.54) is 11.0 Å². The molecule has 1 atom stereocenters. The molecular formula is C21H20F2N4O3. The van der Waals surface area contributed by atoms with Crippen molar-refractivity contribution in [3.63, 3.8) is 0 Å². The number of methoxy groups -OCH3 is 1. The number of hydrogen-bond acceptors (Lipinski definition) is 5. The molecule has 1 unspecified atom stereocenters. The van der Waals surface area contributed by atoms with Gasteiger partial charge < -0.3 is 19.5 Å². The molecule has 0 aliphatic carbocycles. The average Bonchev–Trinajstić information content (AvgIpc) is 3.26. The van der Waals surface area contributed by atoms with Crippen molar-refractivity contribution in [1.82, 2.24) is 15.0 Å². The molecule has 4 rings (SSSR count). The lowest BCUT2D eigenvalue weighted by Crippen LogP contribution is -2.41. The zero-order valence-electron chi connectivity index (χ0n) is 16.3. The van der Waals surface area contributed by atoms with E-state index in [1.54, 1.807) is 13.2 Å². The van der Waals surface area contributed by atoms with Crippen molar-refractivity contribution >= 4 is 11.7 Å². The Kier molecular flexibility index (Phi) is 5.60. The van der Waals surface area contributed by atoms with Crippen LogP contribution in [-0.2, 0) is 0 Å². The maximum atomic E-state index is 13.9. The SMILES string of the molecule is COc1cccc(-c2noc(C3CCCCN3C(=O)Nc3ccc(F)cc3F)n2)c1. The fourth-order valence-corrected chi connectivity index (χ4v) is 3.46. The van der Waals surface area contributed by atoms with E-state index >= 15 is 0 Å². The first-order valence-electron chi connectivity index (χ1n) is 9.56. The lowest BCUT2D eigenvalue weighted by molar-refractivity contribution is 0.142. The Balaban J connectivity index is 1.55. The van der Waals surface area contributed by atoms with E-state index in [1.807, 2.05) is 18.2 Å². The third kappa shape index (κ3) is 4.10. The van der Waals surface area contributed by atoms with Gasteiger partial charge in [0.2, 0.25) is 11.7 Å². The summed E-state index contributed by atoms with van der Waals surface area (Å²) in [5.41, 5.74) is 0.637. The molecule has 0 saturated carbocycles. The fraction of sp³-hybridized carbons (Fsp3) is 0.286. The van der Waals surface area contributed by atoms with Gasteiger partial charge in [-0.25, -0.2) is 13.6 Å². The third-order valence-corrected chi connectivity index (χ3v) is 4.99. The predicted octanol–water partition coefficient (Wildman–Crippen LogP) is 4.78. The van der Waals surface area contributed by atoms with Crippen LogP contribution in [0.1, 0.15) is 31.2 Å². The lowest BCUT2D eigenvalue weighted by atomic mass is 10.0. The highest BCUT2D eigenvalue weighted by Crippen LogP contribution is 2.32. The number of carbonyl (C=O) groups is 1. The standard InChI is InChI=1S/C21H20F2N4O3/c1-29-15-6-4-5-13(11-15)19-25-20(30-26-19)18-7-2-3-10-27(18)21(28)24-17-9-8-14(22)12-16(17)23/h4-6,8-9,11-12,18H,2-3,7,10H2,1H3,(H,24,28). The van der Waals surface area contributed by atoms with Crippen LogP contribution in [-0.4, -0.2) is 34.7 Å². The van der Waals surface area contributed by atoms with Gasteiger partial charge in [-0.2, -0.15) is 4.98 Å². The largest absolute Gasteiger partial charge is 0.497 e. The number of ether oxygens (including phenoxy) is 1. The molecule has 3 aromatic rings. The van der Waals surface area contributed by atoms with Crippen LogP contribution >= 0.6 is 0 Å². The van der Waals surface area contributed by atoms with Crippen molar-refractivity contribution in [2.24, 2.45) is 0 Å². The highest BCUT2D eigenvalue weighted by molar-refractivity contribution is 5.89. The molecular weight excluding hydrogens is 394 g/mol. The Hall–Kier alpha value is -3.49. The molecule has 1 N–H and O–H groups in total. The minimum Gasteiger partial charge on any atom is -0.497 e. The summed E-state index contributed by atoms with van der Waals surface area (Å²) in [6.45, 7) is 0.455. The molecule has 1 fully saturated rings. The molecule has 1 aromatic heterocycles. The van der Waals surface area contributed by atoms with Gasteiger partial charge in [0, 0.05) is 18.2 Å². The summed E-state index contributed by atoms with van der Waals surface area (Å²) in [5, 5.41) is 6.54. The summed E-state index contributed by atoms with van der Waals surface area (Å²) in [7, 11) is 1.57. The van der Waals surface area contributed by atoms with Crippen molar-refractivity contribution in [3.05, 3.63) is 60.0 Å². The van der Waals surface area contributed by atoms with Crippen LogP contribution in [0.3, 0.4) is 0 Å². The van der Waals surface area contributed by atoms with E-state index in [0.717, 1.165) is 30.5 Å². The maximum absolute atomic E-state index is 13.9. The number of anilines is 1. The molecule has 2 aromatic carbocycles. The number of rotatable bonds is 4. The molecule has 0 spiro atoms. The van der Waals surface area contributed by atoms with Gasteiger partial charge in [0.05, 0.1) is 12.8 Å². The third-order valence-electron chi connectivity index (χ3n) is 4.99. The second kappa shape index (κ2) is 8.48. The van der Waals surface area contributed by atoms with Gasteiger partial charge in [-0.15, -0.1) is 0 Å². The van der Waals surface area contributed by atoms with Gasteiger partial charge in [-0.05, 0) is 43.5 Å². The first kappa shape index (κ1) is 19.8. The van der Waals surface area contributed by atoms with E-state index < -0.39 is 23.7 Å². The van der Waals surface area contributed by atoms with Crippen LogP contribution in [0.25, 0.3) is 11.4 Å². The van der Waals surface area contributed by atoms with Crippen LogP contribution in [0.4, 0.5) is 19.3 Å². The number of hydrogen-bond donors (Lipinski definition) is 1. The highest BCUT2D eigenvalue weighted by atomic mass is 19.1. The zero-order chi connectivity index (χ0) is 21.1. The van der Waals surface area contributed by atoms with Gasteiger partial charge in [-0.3, -0.25) is 0 Å². The number of nitrogens with one attached hydrogen (secondary N) is 1. The molecule has 2 heterocycles. The number of aromatic nitrogens is 2. The molecule has 1 saturated heterocycles. The second-order valence-corrected chi connectivity index (χ2v) is 6.95. The van der Waals surface area contributed by atoms with Crippen LogP contribution in [0.5, 0.6) is 5.75 Å². The Morgan fingerprint density at radius 1 is 1.23 bits per heavy atom. The van der Waals surface area contributed by atoms with E-state index in [4.69, 9.17) is 9.26 Å². The molecule has 1 aliphatic rings. The molecule has 156 valence electrons. The number of piperidine rings is 1. The van der Waals surface area contributed by atoms with Gasteiger partial charge >= 0.3 is 6.03 Å². The number of halogens is 2. The minimum atomic E-state index is -0.838. The van der Waals surface area contributed by atoms with Gasteiger partial charge in [-0.1, -0.05) is 17.3 Å². The van der Waals surface area contributed by atoms with E-state index in [2.05, 4.69) is 15.5 Å². The summed E-state index contributed by atoms with van der Waals surface area (Å²) in [5.74, 6) is -0.187. The Morgan fingerprint density at radius 2 is 2.10 bits per heavy atom. The predicted molar refractivity (Wildman–Crippen MR) is 105 cm³/mol. The second-order valence-electron chi connectivity index (χ2n) is 6.95. The van der Waals surface area contributed by atoms with E-state index in [9.17, 15) is 13.6 Å². The zero-order valence-corrected chi connectivity index (χ0v) is 16.3. The first-order valence-corrected chi connectivity index (χ1v) is 9.56. The van der Waals surface area contributed by atoms with Crippen LogP contribution in [0.2, 0.25) is 0 Å². The van der Waals surface area contributed by atoms with Gasteiger partial charge in [0.25, 0.3) is 0 Å². The van der Waals surface area contributed by atoms with Crippen LogP contribution < -0.4 is 10.1 Å². The molecule has 2 amide bonds. The van der Waals surface area contributed by atoms with Crippen molar-refractivity contribution < 1.29 is 22.8 Å². The number of urea groups is 1. The van der Waals surface area contributed by atoms with Gasteiger partial charge in [0.15, 0.2) is 0 Å². The smallest absolute Gasteiger partial charge is 0.322 e. The molecule has 0 radical (unpaired) electrons. The summed E-state index contributed by atoms with van der Waals surface area (Å²) in [6.07, 6.45) is 2.32. The minimum absolute atomic E-state index is 0.0895. The van der Waals surface area contributed by atoms with Crippen LogP contribution in [0, 0.1) is 11.6 Å². The number of nitrogens with zero attached hydrogens (tertiary/aromatic N) is 3.